The summed E-state index contributed by atoms with van der Waals surface area (Å²) < 4.78 is 28.4. The van der Waals surface area contributed by atoms with Crippen LogP contribution >= 0.6 is 0 Å². The lowest BCUT2D eigenvalue weighted by atomic mass is 10.1. The van der Waals surface area contributed by atoms with Crippen molar-refractivity contribution in [3.8, 4) is 5.75 Å². The van der Waals surface area contributed by atoms with Crippen LogP contribution in [0.15, 0.2) is 24.3 Å². The Kier molecular flexibility index (Phi) is 6.05. The zero-order chi connectivity index (χ0) is 13.5. The van der Waals surface area contributed by atoms with Crippen molar-refractivity contribution in [1.82, 2.24) is 4.90 Å². The highest BCUT2D eigenvalue weighted by atomic mass is 19.3. The van der Waals surface area contributed by atoms with E-state index in [4.69, 9.17) is 0 Å². The first-order valence-corrected chi connectivity index (χ1v) is 6.29. The van der Waals surface area contributed by atoms with Gasteiger partial charge in [0.25, 0.3) is 0 Å². The zero-order valence-corrected chi connectivity index (χ0v) is 11.2. The molecule has 4 heteroatoms. The third-order valence-electron chi connectivity index (χ3n) is 3.11. The van der Waals surface area contributed by atoms with Gasteiger partial charge in [-0.1, -0.05) is 25.5 Å². The standard InChI is InChI=1S/C14H21F2NO/c1-4-5-10-17(3)11(2)12-6-8-13(9-7-12)18-14(15)16/h6-9,11,14H,4-5,10H2,1-3H3. The van der Waals surface area contributed by atoms with Crippen molar-refractivity contribution in [2.75, 3.05) is 13.6 Å². The van der Waals surface area contributed by atoms with Gasteiger partial charge in [-0.3, -0.25) is 4.90 Å². The molecule has 1 unspecified atom stereocenters. The van der Waals surface area contributed by atoms with Crippen molar-refractivity contribution in [2.45, 2.75) is 39.3 Å². The molecule has 0 fully saturated rings. The summed E-state index contributed by atoms with van der Waals surface area (Å²) in [5.74, 6) is 0.206. The normalized spacial score (nSPS) is 13.1. The number of hydrogen-bond acceptors (Lipinski definition) is 2. The first kappa shape index (κ1) is 14.9. The SMILES string of the molecule is CCCCN(C)C(C)c1ccc(OC(F)F)cc1. The Bertz CT molecular complexity index is 340. The van der Waals surface area contributed by atoms with Gasteiger partial charge in [0.05, 0.1) is 0 Å². The number of rotatable bonds is 7. The second-order valence-corrected chi connectivity index (χ2v) is 4.46. The second-order valence-electron chi connectivity index (χ2n) is 4.46. The van der Waals surface area contributed by atoms with E-state index in [1.165, 1.54) is 0 Å². The Hall–Kier alpha value is -1.16. The maximum absolute atomic E-state index is 12.0. The second kappa shape index (κ2) is 7.31. The summed E-state index contributed by atoms with van der Waals surface area (Å²) in [6.45, 7) is 2.54. The molecule has 0 N–H and O–H groups in total. The molecular formula is C14H21F2NO. The van der Waals surface area contributed by atoms with Crippen LogP contribution in [0.25, 0.3) is 0 Å². The van der Waals surface area contributed by atoms with E-state index in [2.05, 4.69) is 30.5 Å². The molecule has 0 saturated carbocycles. The number of alkyl halides is 2. The van der Waals surface area contributed by atoms with Crippen molar-refractivity contribution in [2.24, 2.45) is 0 Å². The Morgan fingerprint density at radius 2 is 1.83 bits per heavy atom. The fourth-order valence-electron chi connectivity index (χ4n) is 1.78. The summed E-state index contributed by atoms with van der Waals surface area (Å²) in [6, 6.07) is 7.13. The van der Waals surface area contributed by atoms with E-state index >= 15 is 0 Å². The lowest BCUT2D eigenvalue weighted by molar-refractivity contribution is -0.0498. The van der Waals surface area contributed by atoms with Crippen LogP contribution in [-0.4, -0.2) is 25.1 Å². The molecule has 0 spiro atoms. The summed E-state index contributed by atoms with van der Waals surface area (Å²) in [6.07, 6.45) is 2.33. The van der Waals surface area contributed by atoms with Gasteiger partial charge in [0.15, 0.2) is 0 Å². The molecule has 1 atom stereocenters. The van der Waals surface area contributed by atoms with Gasteiger partial charge in [0.2, 0.25) is 0 Å². The van der Waals surface area contributed by atoms with Gasteiger partial charge in [0, 0.05) is 6.04 Å². The minimum absolute atomic E-state index is 0.206. The molecule has 0 bridgehead atoms. The summed E-state index contributed by atoms with van der Waals surface area (Å²) in [5, 5.41) is 0. The lowest BCUT2D eigenvalue weighted by Gasteiger charge is -2.25. The Morgan fingerprint density at radius 3 is 2.33 bits per heavy atom. The molecule has 0 heterocycles. The van der Waals surface area contributed by atoms with Gasteiger partial charge >= 0.3 is 6.61 Å². The van der Waals surface area contributed by atoms with Crippen LogP contribution in [0.1, 0.15) is 38.3 Å². The highest BCUT2D eigenvalue weighted by Gasteiger charge is 2.11. The van der Waals surface area contributed by atoms with Gasteiger partial charge in [0.1, 0.15) is 5.75 Å². The smallest absolute Gasteiger partial charge is 0.387 e. The minimum atomic E-state index is -2.76. The highest BCUT2D eigenvalue weighted by molar-refractivity contribution is 5.28. The summed E-state index contributed by atoms with van der Waals surface area (Å²) in [7, 11) is 2.07. The van der Waals surface area contributed by atoms with Gasteiger partial charge in [-0.25, -0.2) is 0 Å². The van der Waals surface area contributed by atoms with Crippen LogP contribution in [0, 0.1) is 0 Å². The molecule has 0 saturated heterocycles. The van der Waals surface area contributed by atoms with Gasteiger partial charge in [-0.15, -0.1) is 0 Å². The minimum Gasteiger partial charge on any atom is -0.435 e. The predicted octanol–water partition coefficient (Wildman–Crippen LogP) is 4.08. The van der Waals surface area contributed by atoms with Gasteiger partial charge in [-0.2, -0.15) is 8.78 Å². The first-order valence-electron chi connectivity index (χ1n) is 6.29. The molecule has 0 aliphatic heterocycles. The van der Waals surface area contributed by atoms with Crippen LogP contribution < -0.4 is 4.74 Å². The quantitative estimate of drug-likeness (QED) is 0.729. The molecule has 0 aliphatic carbocycles. The third-order valence-corrected chi connectivity index (χ3v) is 3.11. The Labute approximate surface area is 108 Å². The molecular weight excluding hydrogens is 236 g/mol. The fourth-order valence-corrected chi connectivity index (χ4v) is 1.78. The largest absolute Gasteiger partial charge is 0.435 e. The van der Waals surface area contributed by atoms with Crippen LogP contribution in [0.4, 0.5) is 8.78 Å². The van der Waals surface area contributed by atoms with Crippen LogP contribution in [0.2, 0.25) is 0 Å². The zero-order valence-electron chi connectivity index (χ0n) is 11.2. The van der Waals surface area contributed by atoms with E-state index in [0.29, 0.717) is 0 Å². The summed E-state index contributed by atoms with van der Waals surface area (Å²) >= 11 is 0. The summed E-state index contributed by atoms with van der Waals surface area (Å²) in [5.41, 5.74) is 1.11. The number of hydrogen-bond donors (Lipinski definition) is 0. The molecule has 0 radical (unpaired) electrons. The van der Waals surface area contributed by atoms with E-state index in [0.717, 1.165) is 24.9 Å². The Morgan fingerprint density at radius 1 is 1.22 bits per heavy atom. The molecule has 102 valence electrons. The lowest BCUT2D eigenvalue weighted by Crippen LogP contribution is -2.23. The highest BCUT2D eigenvalue weighted by Crippen LogP contribution is 2.22. The van der Waals surface area contributed by atoms with Gasteiger partial charge < -0.3 is 4.74 Å². The molecule has 0 aliphatic rings. The topological polar surface area (TPSA) is 12.5 Å². The molecule has 0 aromatic heterocycles. The predicted molar refractivity (Wildman–Crippen MR) is 69.0 cm³/mol. The fraction of sp³-hybridized carbons (Fsp3) is 0.571. The van der Waals surface area contributed by atoms with Crippen molar-refractivity contribution in [1.29, 1.82) is 0 Å². The molecule has 18 heavy (non-hydrogen) atoms. The number of halogens is 2. The third kappa shape index (κ3) is 4.61. The number of benzene rings is 1. The van der Waals surface area contributed by atoms with E-state index in [1.54, 1.807) is 12.1 Å². The average Bonchev–Trinajstić information content (AvgIpc) is 2.35. The molecule has 0 amide bonds. The summed E-state index contributed by atoms with van der Waals surface area (Å²) in [4.78, 5) is 2.26. The van der Waals surface area contributed by atoms with Crippen molar-refractivity contribution < 1.29 is 13.5 Å². The van der Waals surface area contributed by atoms with Crippen molar-refractivity contribution in [3.05, 3.63) is 29.8 Å². The van der Waals surface area contributed by atoms with Crippen LogP contribution in [-0.2, 0) is 0 Å². The number of ether oxygens (including phenoxy) is 1. The molecule has 2 nitrogen and oxygen atoms in total. The maximum atomic E-state index is 12.0. The number of unbranched alkanes of at least 4 members (excludes halogenated alkanes) is 1. The van der Waals surface area contributed by atoms with E-state index in [-0.39, 0.29) is 11.8 Å². The molecule has 1 rings (SSSR count). The first-order chi connectivity index (χ1) is 8.54. The van der Waals surface area contributed by atoms with E-state index < -0.39 is 6.61 Å². The van der Waals surface area contributed by atoms with Crippen LogP contribution in [0.3, 0.4) is 0 Å². The monoisotopic (exact) mass is 257 g/mol. The average molecular weight is 257 g/mol. The molecule has 1 aromatic rings. The Balaban J connectivity index is 2.60. The van der Waals surface area contributed by atoms with Crippen molar-refractivity contribution in [3.63, 3.8) is 0 Å². The maximum Gasteiger partial charge on any atom is 0.387 e. The van der Waals surface area contributed by atoms with Gasteiger partial charge in [-0.05, 0) is 44.6 Å². The van der Waals surface area contributed by atoms with E-state index in [1.807, 2.05) is 12.1 Å². The molecule has 1 aromatic carbocycles. The van der Waals surface area contributed by atoms with Crippen LogP contribution in [0.5, 0.6) is 5.75 Å². The van der Waals surface area contributed by atoms with E-state index in [9.17, 15) is 8.78 Å². The van der Waals surface area contributed by atoms with Crippen molar-refractivity contribution >= 4 is 0 Å². The number of nitrogens with zero attached hydrogens (tertiary/aromatic N) is 1.